The Kier molecular flexibility index (Phi) is 3.51. The Hall–Kier alpha value is -1.42. The molecule has 0 aliphatic carbocycles. The average Bonchev–Trinajstić information content (AvgIpc) is 2.30. The van der Waals surface area contributed by atoms with Gasteiger partial charge in [0.1, 0.15) is 0 Å². The van der Waals surface area contributed by atoms with Crippen LogP contribution in [0.2, 0.25) is 0 Å². The zero-order valence-electron chi connectivity index (χ0n) is 9.09. The largest absolute Gasteiger partial charge is 0.381 e. The molecule has 0 saturated carbocycles. The monoisotopic (exact) mass is 221 g/mol. The second-order valence-corrected chi connectivity index (χ2v) is 4.19. The lowest BCUT2D eigenvalue weighted by atomic mass is 9.92. The van der Waals surface area contributed by atoms with Gasteiger partial charge in [0.05, 0.1) is 4.92 Å². The van der Waals surface area contributed by atoms with Crippen LogP contribution >= 0.6 is 0 Å². The van der Waals surface area contributed by atoms with Gasteiger partial charge in [-0.05, 0) is 30.7 Å². The lowest BCUT2D eigenvalue weighted by Gasteiger charge is -2.21. The van der Waals surface area contributed by atoms with Gasteiger partial charge in [-0.15, -0.1) is 0 Å². The molecular weight excluding hydrogens is 206 g/mol. The Bertz CT molecular complexity index is 372. The minimum Gasteiger partial charge on any atom is -0.381 e. The number of rotatable bonds is 3. The van der Waals surface area contributed by atoms with Gasteiger partial charge in [0.15, 0.2) is 0 Å². The quantitative estimate of drug-likeness (QED) is 0.582. The van der Waals surface area contributed by atoms with Crippen molar-refractivity contribution in [2.75, 3.05) is 13.2 Å². The first kappa shape index (κ1) is 11.1. The summed E-state index contributed by atoms with van der Waals surface area (Å²) in [5.74, 6) is 0.607. The van der Waals surface area contributed by atoms with E-state index < -0.39 is 0 Å². The summed E-state index contributed by atoms with van der Waals surface area (Å²) in [6.45, 7) is 1.64. The van der Waals surface area contributed by atoms with Gasteiger partial charge >= 0.3 is 0 Å². The van der Waals surface area contributed by atoms with Crippen LogP contribution in [0.5, 0.6) is 0 Å². The highest BCUT2D eigenvalue weighted by Crippen LogP contribution is 2.22. The van der Waals surface area contributed by atoms with E-state index in [1.807, 2.05) is 6.07 Å². The Morgan fingerprint density at radius 1 is 1.38 bits per heavy atom. The Balaban J connectivity index is 2.02. The average molecular weight is 221 g/mol. The van der Waals surface area contributed by atoms with Crippen molar-refractivity contribution in [1.82, 2.24) is 0 Å². The van der Waals surface area contributed by atoms with Crippen LogP contribution in [0, 0.1) is 16.0 Å². The van der Waals surface area contributed by atoms with E-state index in [2.05, 4.69) is 0 Å². The molecule has 0 N–H and O–H groups in total. The number of nitro benzene ring substituents is 1. The standard InChI is InChI=1S/C12H15NO3/c14-13(15)12-3-1-2-11(9-12)8-10-4-6-16-7-5-10/h1-3,9-10H,4-8H2. The number of hydrogen-bond donors (Lipinski definition) is 0. The van der Waals surface area contributed by atoms with E-state index in [4.69, 9.17) is 4.74 Å². The highest BCUT2D eigenvalue weighted by molar-refractivity contribution is 5.34. The van der Waals surface area contributed by atoms with E-state index in [1.165, 1.54) is 6.07 Å². The van der Waals surface area contributed by atoms with E-state index in [9.17, 15) is 10.1 Å². The summed E-state index contributed by atoms with van der Waals surface area (Å²) >= 11 is 0. The molecule has 0 spiro atoms. The molecule has 1 fully saturated rings. The molecule has 1 aromatic carbocycles. The van der Waals surface area contributed by atoms with Gasteiger partial charge in [-0.1, -0.05) is 12.1 Å². The summed E-state index contributed by atoms with van der Waals surface area (Å²) in [6, 6.07) is 6.93. The first-order valence-corrected chi connectivity index (χ1v) is 5.57. The van der Waals surface area contributed by atoms with Gasteiger partial charge in [-0.25, -0.2) is 0 Å². The van der Waals surface area contributed by atoms with Crippen molar-refractivity contribution >= 4 is 5.69 Å². The van der Waals surface area contributed by atoms with E-state index in [1.54, 1.807) is 12.1 Å². The van der Waals surface area contributed by atoms with Crippen molar-refractivity contribution in [3.05, 3.63) is 39.9 Å². The van der Waals surface area contributed by atoms with Gasteiger partial charge in [0.25, 0.3) is 5.69 Å². The summed E-state index contributed by atoms with van der Waals surface area (Å²) in [7, 11) is 0. The summed E-state index contributed by atoms with van der Waals surface area (Å²) in [5.41, 5.74) is 1.24. The molecule has 86 valence electrons. The SMILES string of the molecule is O=[N+]([O-])c1cccc(CC2CCOCC2)c1. The third-order valence-electron chi connectivity index (χ3n) is 2.99. The second kappa shape index (κ2) is 5.07. The zero-order chi connectivity index (χ0) is 11.4. The molecule has 1 aliphatic heterocycles. The molecule has 4 heteroatoms. The first-order chi connectivity index (χ1) is 7.75. The smallest absolute Gasteiger partial charge is 0.269 e. The van der Waals surface area contributed by atoms with Crippen LogP contribution in [0.25, 0.3) is 0 Å². The third kappa shape index (κ3) is 2.79. The van der Waals surface area contributed by atoms with Crippen molar-refractivity contribution in [1.29, 1.82) is 0 Å². The summed E-state index contributed by atoms with van der Waals surface area (Å²) < 4.78 is 5.29. The molecule has 0 amide bonds. The van der Waals surface area contributed by atoms with E-state index in [0.29, 0.717) is 5.92 Å². The highest BCUT2D eigenvalue weighted by atomic mass is 16.6. The number of ether oxygens (including phenoxy) is 1. The van der Waals surface area contributed by atoms with Crippen molar-refractivity contribution in [2.45, 2.75) is 19.3 Å². The van der Waals surface area contributed by atoms with Gasteiger partial charge in [-0.3, -0.25) is 10.1 Å². The molecule has 2 rings (SSSR count). The third-order valence-corrected chi connectivity index (χ3v) is 2.99. The van der Waals surface area contributed by atoms with Gasteiger partial charge < -0.3 is 4.74 Å². The van der Waals surface area contributed by atoms with Crippen molar-refractivity contribution in [3.8, 4) is 0 Å². The van der Waals surface area contributed by atoms with Crippen LogP contribution in [0.15, 0.2) is 24.3 Å². The minimum atomic E-state index is -0.340. The van der Waals surface area contributed by atoms with E-state index in [-0.39, 0.29) is 10.6 Å². The summed E-state index contributed by atoms with van der Waals surface area (Å²) in [6.07, 6.45) is 3.04. The molecule has 0 unspecified atom stereocenters. The molecule has 1 heterocycles. The predicted molar refractivity (Wildman–Crippen MR) is 60.3 cm³/mol. The number of nitrogens with zero attached hydrogens (tertiary/aromatic N) is 1. The van der Waals surface area contributed by atoms with Crippen LogP contribution < -0.4 is 0 Å². The lowest BCUT2D eigenvalue weighted by molar-refractivity contribution is -0.384. The molecule has 0 radical (unpaired) electrons. The summed E-state index contributed by atoms with van der Waals surface area (Å²) in [5, 5.41) is 10.6. The van der Waals surface area contributed by atoms with Gasteiger partial charge in [0.2, 0.25) is 0 Å². The topological polar surface area (TPSA) is 52.4 Å². The molecule has 0 atom stereocenters. The van der Waals surface area contributed by atoms with Crippen LogP contribution in [-0.2, 0) is 11.2 Å². The van der Waals surface area contributed by atoms with Crippen molar-refractivity contribution in [2.24, 2.45) is 5.92 Å². The fraction of sp³-hybridized carbons (Fsp3) is 0.500. The molecule has 16 heavy (non-hydrogen) atoms. The fourth-order valence-corrected chi connectivity index (χ4v) is 2.08. The molecule has 1 saturated heterocycles. The lowest BCUT2D eigenvalue weighted by Crippen LogP contribution is -2.17. The number of non-ortho nitro benzene ring substituents is 1. The van der Waals surface area contributed by atoms with Gasteiger partial charge in [-0.2, -0.15) is 0 Å². The first-order valence-electron chi connectivity index (χ1n) is 5.57. The normalized spacial score (nSPS) is 17.2. The van der Waals surface area contributed by atoms with Crippen molar-refractivity contribution in [3.63, 3.8) is 0 Å². The second-order valence-electron chi connectivity index (χ2n) is 4.19. The molecule has 1 aromatic rings. The molecule has 1 aliphatic rings. The maximum Gasteiger partial charge on any atom is 0.269 e. The minimum absolute atomic E-state index is 0.185. The predicted octanol–water partition coefficient (Wildman–Crippen LogP) is 2.56. The van der Waals surface area contributed by atoms with E-state index in [0.717, 1.165) is 38.0 Å². The maximum atomic E-state index is 10.6. The molecule has 4 nitrogen and oxygen atoms in total. The number of benzene rings is 1. The molecule has 0 bridgehead atoms. The zero-order valence-corrected chi connectivity index (χ0v) is 9.09. The molecule has 0 aromatic heterocycles. The Morgan fingerprint density at radius 3 is 2.81 bits per heavy atom. The highest BCUT2D eigenvalue weighted by Gasteiger charge is 2.15. The van der Waals surface area contributed by atoms with Crippen LogP contribution in [0.4, 0.5) is 5.69 Å². The molecular formula is C12H15NO3. The summed E-state index contributed by atoms with van der Waals surface area (Å²) in [4.78, 5) is 10.3. The Labute approximate surface area is 94.4 Å². The van der Waals surface area contributed by atoms with Crippen LogP contribution in [0.1, 0.15) is 18.4 Å². The van der Waals surface area contributed by atoms with Crippen molar-refractivity contribution < 1.29 is 9.66 Å². The van der Waals surface area contributed by atoms with Crippen LogP contribution in [-0.4, -0.2) is 18.1 Å². The number of nitro groups is 1. The van der Waals surface area contributed by atoms with Gasteiger partial charge in [0, 0.05) is 25.3 Å². The van der Waals surface area contributed by atoms with Crippen LogP contribution in [0.3, 0.4) is 0 Å². The number of hydrogen-bond acceptors (Lipinski definition) is 3. The Morgan fingerprint density at radius 2 is 2.12 bits per heavy atom. The van der Waals surface area contributed by atoms with E-state index >= 15 is 0 Å². The maximum absolute atomic E-state index is 10.6. The fourth-order valence-electron chi connectivity index (χ4n) is 2.08.